The van der Waals surface area contributed by atoms with Crippen molar-refractivity contribution in [2.75, 3.05) is 10.6 Å². The molecule has 0 saturated carbocycles. The van der Waals surface area contributed by atoms with E-state index in [1.165, 1.54) is 0 Å². The van der Waals surface area contributed by atoms with Crippen molar-refractivity contribution in [2.45, 2.75) is 13.5 Å². The molecule has 0 aliphatic rings. The molecular formula is C19H16N4O3. The highest BCUT2D eigenvalue weighted by molar-refractivity contribution is 5.84. The van der Waals surface area contributed by atoms with E-state index in [1.807, 2.05) is 25.1 Å². The number of aromatic amines is 1. The number of hydrogen-bond donors (Lipinski definition) is 4. The second-order valence-electron chi connectivity index (χ2n) is 6.14. The van der Waals surface area contributed by atoms with Gasteiger partial charge in [0.1, 0.15) is 17.1 Å². The molecule has 4 aromatic rings. The fourth-order valence-electron chi connectivity index (χ4n) is 2.79. The van der Waals surface area contributed by atoms with E-state index in [0.29, 0.717) is 12.2 Å². The third kappa shape index (κ3) is 2.69. The zero-order chi connectivity index (χ0) is 18.3. The van der Waals surface area contributed by atoms with Crippen molar-refractivity contribution in [1.29, 1.82) is 0 Å². The Balaban J connectivity index is 1.54. The predicted octanol–water partition coefficient (Wildman–Crippen LogP) is 2.53. The molecule has 0 radical (unpaired) electrons. The van der Waals surface area contributed by atoms with Crippen LogP contribution >= 0.6 is 0 Å². The van der Waals surface area contributed by atoms with Gasteiger partial charge in [-0.25, -0.2) is 4.98 Å². The van der Waals surface area contributed by atoms with Gasteiger partial charge in [0, 0.05) is 12.2 Å². The summed E-state index contributed by atoms with van der Waals surface area (Å²) in [6.07, 6.45) is 1.59. The number of rotatable bonds is 5. The molecule has 0 aliphatic heterocycles. The largest absolute Gasteiger partial charge is 0.508 e. The average molecular weight is 348 g/mol. The monoisotopic (exact) mass is 348 g/mol. The van der Waals surface area contributed by atoms with Gasteiger partial charge in [-0.15, -0.1) is 0 Å². The van der Waals surface area contributed by atoms with Crippen molar-refractivity contribution < 1.29 is 5.11 Å². The van der Waals surface area contributed by atoms with Gasteiger partial charge in [0.25, 0.3) is 10.9 Å². The summed E-state index contributed by atoms with van der Waals surface area (Å²) in [5.74, 6) is 0.195. The molecule has 7 heteroatoms. The van der Waals surface area contributed by atoms with E-state index in [-0.39, 0.29) is 17.1 Å². The van der Waals surface area contributed by atoms with Gasteiger partial charge in [-0.3, -0.25) is 9.59 Å². The molecule has 0 saturated heterocycles. The van der Waals surface area contributed by atoms with E-state index >= 15 is 0 Å². The van der Waals surface area contributed by atoms with Gasteiger partial charge >= 0.3 is 0 Å². The summed E-state index contributed by atoms with van der Waals surface area (Å²) in [7, 11) is 0. The highest BCUT2D eigenvalue weighted by atomic mass is 16.3. The normalized spacial score (nSPS) is 11.1. The van der Waals surface area contributed by atoms with Crippen molar-refractivity contribution in [1.82, 2.24) is 9.97 Å². The quantitative estimate of drug-likeness (QED) is 0.413. The number of aromatic hydroxyl groups is 1. The summed E-state index contributed by atoms with van der Waals surface area (Å²) in [6.45, 7) is 2.13. The van der Waals surface area contributed by atoms with Crippen molar-refractivity contribution in [2.24, 2.45) is 0 Å². The number of benzene rings is 2. The van der Waals surface area contributed by atoms with Gasteiger partial charge in [-0.05, 0) is 42.3 Å². The summed E-state index contributed by atoms with van der Waals surface area (Å²) < 4.78 is 0. The minimum Gasteiger partial charge on any atom is -0.508 e. The third-order valence-electron chi connectivity index (χ3n) is 4.34. The van der Waals surface area contributed by atoms with Gasteiger partial charge in [-0.2, -0.15) is 0 Å². The fourth-order valence-corrected chi connectivity index (χ4v) is 2.79. The SMILES string of the molecule is Cc1ccc(CNc2c(Nc3ccc4nc[nH]c4c3)c(=O)c2=O)cc1O. The topological polar surface area (TPSA) is 107 Å². The lowest BCUT2D eigenvalue weighted by molar-refractivity contribution is 0.470. The Morgan fingerprint density at radius 3 is 2.69 bits per heavy atom. The molecule has 0 bridgehead atoms. The van der Waals surface area contributed by atoms with Crippen molar-refractivity contribution >= 4 is 28.1 Å². The molecule has 0 spiro atoms. The van der Waals surface area contributed by atoms with Gasteiger partial charge in [0.2, 0.25) is 0 Å². The number of aryl methyl sites for hydroxylation is 1. The standard InChI is InChI=1S/C19H16N4O3/c1-10-2-3-11(6-15(10)24)8-20-16-17(19(26)18(16)25)23-12-4-5-13-14(7-12)22-9-21-13/h2-7,9,20,23-24H,8H2,1H3,(H,21,22). The number of fused-ring (bicyclic) bond motifs is 1. The first-order valence-electron chi connectivity index (χ1n) is 8.09. The minimum atomic E-state index is -0.552. The molecule has 0 amide bonds. The van der Waals surface area contributed by atoms with E-state index in [9.17, 15) is 14.7 Å². The lowest BCUT2D eigenvalue weighted by atomic mass is 10.1. The molecule has 1 aromatic heterocycles. The molecule has 4 rings (SSSR count). The first-order chi connectivity index (χ1) is 12.5. The number of hydrogen-bond acceptors (Lipinski definition) is 6. The summed E-state index contributed by atoms with van der Waals surface area (Å²) in [5.41, 5.74) is 3.31. The number of imidazole rings is 1. The van der Waals surface area contributed by atoms with Crippen LogP contribution in [0.2, 0.25) is 0 Å². The fraction of sp³-hybridized carbons (Fsp3) is 0.105. The van der Waals surface area contributed by atoms with E-state index in [1.54, 1.807) is 24.5 Å². The number of phenols is 1. The molecule has 4 N–H and O–H groups in total. The maximum Gasteiger partial charge on any atom is 0.253 e. The molecule has 26 heavy (non-hydrogen) atoms. The van der Waals surface area contributed by atoms with Crippen molar-refractivity contribution in [3.05, 3.63) is 74.3 Å². The lowest BCUT2D eigenvalue weighted by Gasteiger charge is -2.15. The van der Waals surface area contributed by atoms with Crippen LogP contribution in [0, 0.1) is 6.92 Å². The van der Waals surface area contributed by atoms with E-state index in [2.05, 4.69) is 20.6 Å². The Kier molecular flexibility index (Phi) is 3.69. The van der Waals surface area contributed by atoms with Crippen LogP contribution in [0.4, 0.5) is 17.1 Å². The third-order valence-corrected chi connectivity index (χ3v) is 4.34. The first kappa shape index (κ1) is 15.9. The Hall–Kier alpha value is -3.61. The highest BCUT2D eigenvalue weighted by Crippen LogP contribution is 2.24. The molecule has 3 aromatic carbocycles. The minimum absolute atomic E-state index is 0.195. The number of aromatic nitrogens is 2. The summed E-state index contributed by atoms with van der Waals surface area (Å²) in [4.78, 5) is 31.0. The number of phenolic OH excluding ortho intramolecular Hbond substituents is 1. The highest BCUT2D eigenvalue weighted by Gasteiger charge is 2.21. The smallest absolute Gasteiger partial charge is 0.253 e. The summed E-state index contributed by atoms with van der Waals surface area (Å²) in [6, 6.07) is 10.7. The van der Waals surface area contributed by atoms with Gasteiger partial charge in [-0.1, -0.05) is 12.1 Å². The van der Waals surface area contributed by atoms with Crippen LogP contribution in [0.3, 0.4) is 0 Å². The molecule has 130 valence electrons. The second kappa shape index (κ2) is 6.03. The lowest BCUT2D eigenvalue weighted by Crippen LogP contribution is -2.36. The second-order valence-corrected chi connectivity index (χ2v) is 6.14. The summed E-state index contributed by atoms with van der Waals surface area (Å²) >= 11 is 0. The number of anilines is 3. The van der Waals surface area contributed by atoms with Crippen LogP contribution < -0.4 is 21.5 Å². The molecule has 0 aliphatic carbocycles. The van der Waals surface area contributed by atoms with Crippen LogP contribution in [-0.2, 0) is 6.54 Å². The number of nitrogens with one attached hydrogen (secondary N) is 3. The van der Waals surface area contributed by atoms with E-state index in [4.69, 9.17) is 0 Å². The zero-order valence-electron chi connectivity index (χ0n) is 14.0. The van der Waals surface area contributed by atoms with E-state index in [0.717, 1.165) is 22.2 Å². The average Bonchev–Trinajstić information content (AvgIpc) is 3.11. The molecule has 7 nitrogen and oxygen atoms in total. The molecule has 0 unspecified atom stereocenters. The number of H-pyrrole nitrogens is 1. The van der Waals surface area contributed by atoms with Crippen LogP contribution in [0.25, 0.3) is 11.0 Å². The van der Waals surface area contributed by atoms with E-state index < -0.39 is 10.9 Å². The first-order valence-corrected chi connectivity index (χ1v) is 8.09. The Bertz CT molecular complexity index is 1190. The molecular weight excluding hydrogens is 332 g/mol. The predicted molar refractivity (Wildman–Crippen MR) is 101 cm³/mol. The summed E-state index contributed by atoms with van der Waals surface area (Å²) in [5, 5.41) is 15.7. The van der Waals surface area contributed by atoms with Crippen LogP contribution in [-0.4, -0.2) is 15.1 Å². The molecule has 1 heterocycles. The van der Waals surface area contributed by atoms with Gasteiger partial charge < -0.3 is 20.7 Å². The van der Waals surface area contributed by atoms with Gasteiger partial charge in [0.15, 0.2) is 0 Å². The van der Waals surface area contributed by atoms with Crippen molar-refractivity contribution in [3.8, 4) is 5.75 Å². The van der Waals surface area contributed by atoms with Crippen LogP contribution in [0.15, 0.2) is 52.3 Å². The van der Waals surface area contributed by atoms with Gasteiger partial charge in [0.05, 0.1) is 17.4 Å². The maximum absolute atomic E-state index is 11.9. The zero-order valence-corrected chi connectivity index (χ0v) is 14.0. The molecule has 0 fully saturated rings. The van der Waals surface area contributed by atoms with Crippen LogP contribution in [0.1, 0.15) is 11.1 Å². The maximum atomic E-state index is 11.9. The Labute approximate surface area is 148 Å². The van der Waals surface area contributed by atoms with Crippen LogP contribution in [0.5, 0.6) is 5.75 Å². The Morgan fingerprint density at radius 1 is 1.08 bits per heavy atom. The molecule has 0 atom stereocenters. The Morgan fingerprint density at radius 2 is 1.88 bits per heavy atom. The number of nitrogens with zero attached hydrogens (tertiary/aromatic N) is 1. The van der Waals surface area contributed by atoms with Crippen molar-refractivity contribution in [3.63, 3.8) is 0 Å².